The van der Waals surface area contributed by atoms with E-state index < -0.39 is 17.6 Å². The number of methoxy groups -OCH3 is 1. The molecule has 3 aromatic rings. The van der Waals surface area contributed by atoms with E-state index in [-0.39, 0.29) is 22.5 Å². The maximum atomic E-state index is 13.5. The molecule has 1 aromatic heterocycles. The van der Waals surface area contributed by atoms with Crippen LogP contribution in [0.1, 0.15) is 11.1 Å². The highest BCUT2D eigenvalue weighted by Gasteiger charge is 2.23. The largest absolute Gasteiger partial charge is 0.495 e. The van der Waals surface area contributed by atoms with Gasteiger partial charge < -0.3 is 24.8 Å². The maximum absolute atomic E-state index is 13.5. The highest BCUT2D eigenvalue weighted by molar-refractivity contribution is 7.87. The molecule has 0 amide bonds. The number of likely N-dealkylation sites (N-methyl/N-ethyl adjacent to an activating group) is 1. The Balaban J connectivity index is 1.67. The number of nitrogens with one attached hydrogen (secondary N) is 2. The van der Waals surface area contributed by atoms with Crippen molar-refractivity contribution in [3.05, 3.63) is 52.7 Å². The molecular weight excluding hydrogens is 554 g/mol. The van der Waals surface area contributed by atoms with Gasteiger partial charge in [-0.05, 0) is 68.3 Å². The molecule has 1 aliphatic heterocycles. The summed E-state index contributed by atoms with van der Waals surface area (Å²) in [7, 11) is -3.19. The molecule has 14 heteroatoms. The molecule has 1 aliphatic rings. The molecule has 0 spiro atoms. The summed E-state index contributed by atoms with van der Waals surface area (Å²) in [6.45, 7) is 4.84. The van der Waals surface area contributed by atoms with Crippen molar-refractivity contribution >= 4 is 63.3 Å². The Labute approximate surface area is 226 Å². The zero-order chi connectivity index (χ0) is 27.8. The van der Waals surface area contributed by atoms with E-state index in [4.69, 9.17) is 16.3 Å². The summed E-state index contributed by atoms with van der Waals surface area (Å²) in [5.74, 6) is 1.13. The van der Waals surface area contributed by atoms with Crippen molar-refractivity contribution in [2.75, 3.05) is 56.0 Å². The highest BCUT2D eigenvalue weighted by Crippen LogP contribution is 2.41. The second kappa shape index (κ2) is 10.7. The molecule has 204 valence electrons. The number of nitrogens with zero attached hydrogens (tertiary/aromatic N) is 4. The highest BCUT2D eigenvalue weighted by atomic mass is 35.5. The third kappa shape index (κ3) is 6.20. The molecule has 4 rings (SSSR count). The van der Waals surface area contributed by atoms with E-state index in [9.17, 15) is 16.9 Å². The molecule has 0 fully saturated rings. The monoisotopic (exact) mass is 582 g/mol. The minimum absolute atomic E-state index is 0.0262. The fourth-order valence-electron chi connectivity index (χ4n) is 4.15. The van der Waals surface area contributed by atoms with Gasteiger partial charge in [-0.25, -0.2) is 9.29 Å². The summed E-state index contributed by atoms with van der Waals surface area (Å²) in [4.78, 5) is 11.0. The molecule has 0 bridgehead atoms. The standard InChI is InChI=1S/C24H29ClFN6O4PS/c1-31-9-8-15-11-21(36-3)20(10-16(15)14-31)29-24-27-13-18(25)23(30-24)28-19-7-6-17(32(2)38(26,34)35)12-22(19)37(4,5)33/h6-7,10-13H,8-9,14H2,1-5H3,(H2,27,28,29,30). The molecular formula is C24H29ClFN6O4PS. The van der Waals surface area contributed by atoms with Crippen LogP contribution in [-0.4, -0.2) is 64.4 Å². The van der Waals surface area contributed by atoms with Gasteiger partial charge in [0.05, 0.1) is 30.4 Å². The van der Waals surface area contributed by atoms with Gasteiger partial charge in [0.25, 0.3) is 0 Å². The molecule has 2 aromatic carbocycles. The van der Waals surface area contributed by atoms with Gasteiger partial charge in [0, 0.05) is 25.4 Å². The summed E-state index contributed by atoms with van der Waals surface area (Å²) in [6, 6.07) is 8.29. The van der Waals surface area contributed by atoms with E-state index in [0.717, 1.165) is 26.6 Å². The zero-order valence-electron chi connectivity index (χ0n) is 21.6. The third-order valence-electron chi connectivity index (χ3n) is 6.22. The van der Waals surface area contributed by atoms with Crippen molar-refractivity contribution in [3.63, 3.8) is 0 Å². The molecule has 10 nitrogen and oxygen atoms in total. The smallest absolute Gasteiger partial charge is 0.399 e. The maximum Gasteiger partial charge on any atom is 0.399 e. The Hall–Kier alpha value is -2.92. The normalized spacial score (nSPS) is 14.1. The van der Waals surface area contributed by atoms with E-state index >= 15 is 0 Å². The first kappa shape index (κ1) is 28.1. The van der Waals surface area contributed by atoms with Crippen LogP contribution >= 0.6 is 18.7 Å². The van der Waals surface area contributed by atoms with E-state index in [1.165, 1.54) is 48.9 Å². The Morgan fingerprint density at radius 3 is 2.55 bits per heavy atom. The second-order valence-corrected chi connectivity index (χ2v) is 14.4. The van der Waals surface area contributed by atoms with Crippen LogP contribution < -0.4 is 25.0 Å². The summed E-state index contributed by atoms with van der Waals surface area (Å²) in [5, 5.41) is 6.77. The van der Waals surface area contributed by atoms with Crippen molar-refractivity contribution in [1.82, 2.24) is 14.9 Å². The van der Waals surface area contributed by atoms with Crippen molar-refractivity contribution < 1.29 is 21.6 Å². The lowest BCUT2D eigenvalue weighted by atomic mass is 9.99. The van der Waals surface area contributed by atoms with Crippen LogP contribution in [0, 0.1) is 0 Å². The fourth-order valence-corrected chi connectivity index (χ4v) is 5.81. The number of fused-ring (bicyclic) bond motifs is 1. The number of anilines is 5. The van der Waals surface area contributed by atoms with Crippen LogP contribution in [0.2, 0.25) is 5.02 Å². The van der Waals surface area contributed by atoms with Crippen molar-refractivity contribution in [3.8, 4) is 5.75 Å². The molecule has 2 N–H and O–H groups in total. The quantitative estimate of drug-likeness (QED) is 0.292. The summed E-state index contributed by atoms with van der Waals surface area (Å²) in [5.41, 5.74) is 3.52. The van der Waals surface area contributed by atoms with E-state index in [2.05, 4.69) is 32.5 Å². The van der Waals surface area contributed by atoms with Gasteiger partial charge in [0.2, 0.25) is 5.95 Å². The lowest BCUT2D eigenvalue weighted by Gasteiger charge is -2.26. The van der Waals surface area contributed by atoms with Gasteiger partial charge >= 0.3 is 10.4 Å². The van der Waals surface area contributed by atoms with Crippen LogP contribution in [0.5, 0.6) is 5.75 Å². The van der Waals surface area contributed by atoms with Crippen LogP contribution in [0.25, 0.3) is 0 Å². The van der Waals surface area contributed by atoms with Crippen LogP contribution in [-0.2, 0) is 27.9 Å². The summed E-state index contributed by atoms with van der Waals surface area (Å²) < 4.78 is 55.4. The summed E-state index contributed by atoms with van der Waals surface area (Å²) in [6.07, 6.45) is 2.35. The Morgan fingerprint density at radius 1 is 1.16 bits per heavy atom. The zero-order valence-corrected chi connectivity index (χ0v) is 24.1. The van der Waals surface area contributed by atoms with Gasteiger partial charge in [0.1, 0.15) is 17.9 Å². The molecule has 2 heterocycles. The van der Waals surface area contributed by atoms with Gasteiger partial charge in [-0.1, -0.05) is 15.5 Å². The lowest BCUT2D eigenvalue weighted by molar-refractivity contribution is 0.312. The van der Waals surface area contributed by atoms with Crippen molar-refractivity contribution in [2.24, 2.45) is 0 Å². The topological polar surface area (TPSA) is 117 Å². The minimum atomic E-state index is -4.99. The van der Waals surface area contributed by atoms with Gasteiger partial charge in [-0.2, -0.15) is 13.4 Å². The first-order valence-corrected chi connectivity index (χ1v) is 15.9. The van der Waals surface area contributed by atoms with E-state index in [0.29, 0.717) is 26.7 Å². The molecule has 0 atom stereocenters. The summed E-state index contributed by atoms with van der Waals surface area (Å²) >= 11 is 6.38. The fraction of sp³-hybridized carbons (Fsp3) is 0.333. The Morgan fingerprint density at radius 2 is 1.89 bits per heavy atom. The molecule has 0 unspecified atom stereocenters. The number of aromatic nitrogens is 2. The van der Waals surface area contributed by atoms with Gasteiger partial charge in [-0.15, -0.1) is 0 Å². The number of hydrogen-bond donors (Lipinski definition) is 2. The number of benzene rings is 2. The average molecular weight is 583 g/mol. The second-order valence-electron chi connectivity index (χ2n) is 9.41. The average Bonchev–Trinajstić information content (AvgIpc) is 2.84. The molecule has 0 radical (unpaired) electrons. The molecule has 38 heavy (non-hydrogen) atoms. The third-order valence-corrected chi connectivity index (χ3v) is 8.89. The molecule has 0 saturated carbocycles. The Kier molecular flexibility index (Phi) is 7.90. The van der Waals surface area contributed by atoms with Crippen LogP contribution in [0.4, 0.5) is 32.7 Å². The van der Waals surface area contributed by atoms with Gasteiger partial charge in [0.15, 0.2) is 5.82 Å². The minimum Gasteiger partial charge on any atom is -0.495 e. The number of ether oxygens (including phenoxy) is 1. The van der Waals surface area contributed by atoms with E-state index in [1.807, 2.05) is 12.1 Å². The molecule has 0 saturated heterocycles. The number of halogens is 2. The first-order valence-electron chi connectivity index (χ1n) is 11.6. The Bertz CT molecular complexity index is 1530. The van der Waals surface area contributed by atoms with Crippen molar-refractivity contribution in [2.45, 2.75) is 13.0 Å². The predicted molar refractivity (Wildman–Crippen MR) is 151 cm³/mol. The SMILES string of the molecule is COc1cc2c(cc1Nc1ncc(Cl)c(Nc3ccc(N(C)S(=O)(=O)F)cc3P(C)(C)=O)n1)CN(C)CC2. The first-order chi connectivity index (χ1) is 17.8. The van der Waals surface area contributed by atoms with Crippen LogP contribution in [0.15, 0.2) is 36.5 Å². The molecule has 0 aliphatic carbocycles. The van der Waals surface area contributed by atoms with Crippen molar-refractivity contribution in [1.29, 1.82) is 0 Å². The van der Waals surface area contributed by atoms with Crippen LogP contribution in [0.3, 0.4) is 0 Å². The lowest BCUT2D eigenvalue weighted by Crippen LogP contribution is -2.26. The predicted octanol–water partition coefficient (Wildman–Crippen LogP) is 4.51. The van der Waals surface area contributed by atoms with Gasteiger partial charge in [-0.3, -0.25) is 0 Å². The number of hydrogen-bond acceptors (Lipinski definition) is 9. The number of rotatable bonds is 8. The van der Waals surface area contributed by atoms with E-state index in [1.54, 1.807) is 7.11 Å².